The first-order valence-corrected chi connectivity index (χ1v) is 9.28. The smallest absolute Gasteiger partial charge is 0.310 e. The lowest BCUT2D eigenvalue weighted by Crippen LogP contribution is -2.18. The van der Waals surface area contributed by atoms with Gasteiger partial charge in [0.1, 0.15) is 6.17 Å². The summed E-state index contributed by atoms with van der Waals surface area (Å²) >= 11 is 5.49. The molecule has 1 aliphatic carbocycles. The van der Waals surface area contributed by atoms with E-state index in [-0.39, 0.29) is 18.8 Å². The first-order valence-electron chi connectivity index (χ1n) is 8.91. The van der Waals surface area contributed by atoms with Gasteiger partial charge in [-0.1, -0.05) is 23.7 Å². The molecular formula is C21H19ClF3NO4. The maximum Gasteiger partial charge on any atom is 0.310 e. The van der Waals surface area contributed by atoms with E-state index in [0.717, 1.165) is 6.20 Å². The summed E-state index contributed by atoms with van der Waals surface area (Å²) in [5.74, 6) is -4.75. The second kappa shape index (κ2) is 10.8. The van der Waals surface area contributed by atoms with E-state index in [1.807, 2.05) is 0 Å². The first kappa shape index (κ1) is 23.4. The van der Waals surface area contributed by atoms with Crippen LogP contribution in [0.3, 0.4) is 0 Å². The summed E-state index contributed by atoms with van der Waals surface area (Å²) in [5.41, 5.74) is 0.219. The molecular weight excluding hydrogens is 423 g/mol. The minimum Gasteiger partial charge on any atom is -0.466 e. The summed E-state index contributed by atoms with van der Waals surface area (Å²) in [6.45, 7) is 1.48. The summed E-state index contributed by atoms with van der Waals surface area (Å²) in [6.07, 6.45) is -0.559. The zero-order valence-electron chi connectivity index (χ0n) is 15.9. The average Bonchev–Trinajstić information content (AvgIpc) is 2.82. The van der Waals surface area contributed by atoms with Gasteiger partial charge in [0.2, 0.25) is 0 Å². The van der Waals surface area contributed by atoms with Gasteiger partial charge in [-0.05, 0) is 36.8 Å². The number of carbonyl (C=O) groups is 2. The number of anilines is 1. The molecule has 2 N–H and O–H groups in total. The van der Waals surface area contributed by atoms with Gasteiger partial charge in [-0.15, -0.1) is 0 Å². The van der Waals surface area contributed by atoms with Crippen molar-refractivity contribution in [1.82, 2.24) is 0 Å². The van der Waals surface area contributed by atoms with Crippen LogP contribution in [0.5, 0.6) is 0 Å². The fourth-order valence-corrected chi connectivity index (χ4v) is 2.70. The molecule has 30 heavy (non-hydrogen) atoms. The van der Waals surface area contributed by atoms with Crippen LogP contribution in [-0.4, -0.2) is 29.6 Å². The van der Waals surface area contributed by atoms with Crippen LogP contribution in [0.1, 0.15) is 18.9 Å². The Hall–Kier alpha value is -2.84. The fourth-order valence-electron chi connectivity index (χ4n) is 2.50. The Morgan fingerprint density at radius 2 is 1.93 bits per heavy atom. The number of carbonyl (C=O) groups excluding carboxylic acids is 2. The summed E-state index contributed by atoms with van der Waals surface area (Å²) in [6, 6.07) is 6.48. The molecule has 0 fully saturated rings. The van der Waals surface area contributed by atoms with Crippen molar-refractivity contribution in [2.24, 2.45) is 0 Å². The highest BCUT2D eigenvalue weighted by atomic mass is 35.5. The number of ether oxygens (including phenoxy) is 1. The SMILES string of the molecule is CCOC(=O)C/C(=C\Nc1ccc(CO)cc1)C(=O)C1=CC(F)=C(F)C(Cl)=CC1F. The molecule has 0 saturated heterocycles. The van der Waals surface area contributed by atoms with Crippen molar-refractivity contribution in [3.8, 4) is 0 Å². The van der Waals surface area contributed by atoms with Crippen LogP contribution < -0.4 is 5.32 Å². The van der Waals surface area contributed by atoms with Gasteiger partial charge in [-0.25, -0.2) is 13.2 Å². The number of halogens is 4. The topological polar surface area (TPSA) is 75.6 Å². The minimum absolute atomic E-state index is 0.0612. The molecule has 0 amide bonds. The van der Waals surface area contributed by atoms with Gasteiger partial charge < -0.3 is 15.2 Å². The highest BCUT2D eigenvalue weighted by molar-refractivity contribution is 6.32. The lowest BCUT2D eigenvalue weighted by atomic mass is 9.97. The Morgan fingerprint density at radius 1 is 1.27 bits per heavy atom. The van der Waals surface area contributed by atoms with Crippen molar-refractivity contribution >= 4 is 29.0 Å². The zero-order valence-corrected chi connectivity index (χ0v) is 16.7. The molecule has 1 aromatic rings. The Morgan fingerprint density at radius 3 is 2.53 bits per heavy atom. The Kier molecular flexibility index (Phi) is 8.44. The number of allylic oxidation sites excluding steroid dienone is 6. The first-order chi connectivity index (χ1) is 14.3. The lowest BCUT2D eigenvalue weighted by Gasteiger charge is -2.12. The van der Waals surface area contributed by atoms with Crippen molar-refractivity contribution in [1.29, 1.82) is 0 Å². The van der Waals surface area contributed by atoms with E-state index in [0.29, 0.717) is 23.4 Å². The molecule has 5 nitrogen and oxygen atoms in total. The maximum atomic E-state index is 14.5. The van der Waals surface area contributed by atoms with Gasteiger partial charge in [0.05, 0.1) is 24.7 Å². The lowest BCUT2D eigenvalue weighted by molar-refractivity contribution is -0.142. The molecule has 1 aliphatic rings. The molecule has 9 heteroatoms. The molecule has 2 rings (SSSR count). The number of aliphatic hydroxyl groups is 1. The van der Waals surface area contributed by atoms with E-state index >= 15 is 0 Å². The van der Waals surface area contributed by atoms with Crippen LogP contribution in [0.15, 0.2) is 70.4 Å². The molecule has 0 aliphatic heterocycles. The van der Waals surface area contributed by atoms with Crippen LogP contribution in [0.25, 0.3) is 0 Å². The third kappa shape index (κ3) is 6.08. The van der Waals surface area contributed by atoms with Gasteiger partial charge in [0, 0.05) is 23.0 Å². The number of nitrogens with one attached hydrogen (secondary N) is 1. The van der Waals surface area contributed by atoms with Crippen molar-refractivity contribution < 1.29 is 32.6 Å². The summed E-state index contributed by atoms with van der Waals surface area (Å²) < 4.78 is 46.8. The molecule has 0 heterocycles. The van der Waals surface area contributed by atoms with Gasteiger partial charge in [0.15, 0.2) is 17.4 Å². The second-order valence-corrected chi connectivity index (χ2v) is 6.57. The van der Waals surface area contributed by atoms with E-state index in [2.05, 4.69) is 5.32 Å². The maximum absolute atomic E-state index is 14.5. The van der Waals surface area contributed by atoms with E-state index in [1.165, 1.54) is 0 Å². The second-order valence-electron chi connectivity index (χ2n) is 6.16. The van der Waals surface area contributed by atoms with Gasteiger partial charge in [-0.3, -0.25) is 9.59 Å². The number of Topliss-reactive ketones (excluding diaryl/α,β-unsaturated/α-hetero) is 1. The third-order valence-electron chi connectivity index (χ3n) is 4.03. The van der Waals surface area contributed by atoms with Crippen molar-refractivity contribution in [2.45, 2.75) is 26.1 Å². The van der Waals surface area contributed by atoms with Crippen LogP contribution in [-0.2, 0) is 20.9 Å². The standard InChI is InChI=1S/C21H19ClF3NO4/c1-2-30-19(28)7-13(10-26-14-5-3-12(11-27)4-6-14)21(29)15-8-18(24)20(25)16(22)9-17(15)23/h3-6,8-10,17,26-27H,2,7,11H2,1H3/b13-10+. The van der Waals surface area contributed by atoms with Crippen molar-refractivity contribution in [3.63, 3.8) is 0 Å². The van der Waals surface area contributed by atoms with Crippen molar-refractivity contribution in [3.05, 3.63) is 76.0 Å². The number of alkyl halides is 1. The fraction of sp³-hybridized carbons (Fsp3) is 0.238. The summed E-state index contributed by atoms with van der Waals surface area (Å²) in [4.78, 5) is 24.7. The molecule has 0 radical (unpaired) electrons. The van der Waals surface area contributed by atoms with E-state index in [4.69, 9.17) is 21.4 Å². The molecule has 0 bridgehead atoms. The van der Waals surface area contributed by atoms with Gasteiger partial charge in [0.25, 0.3) is 0 Å². The summed E-state index contributed by atoms with van der Waals surface area (Å²) in [5, 5.41) is 11.1. The molecule has 1 atom stereocenters. The predicted molar refractivity (Wildman–Crippen MR) is 106 cm³/mol. The monoisotopic (exact) mass is 441 g/mol. The number of aliphatic hydroxyl groups excluding tert-OH is 1. The summed E-state index contributed by atoms with van der Waals surface area (Å²) in [7, 11) is 0. The highest BCUT2D eigenvalue weighted by Gasteiger charge is 2.28. The minimum atomic E-state index is -2.18. The van der Waals surface area contributed by atoms with Crippen molar-refractivity contribution in [2.75, 3.05) is 11.9 Å². The number of benzene rings is 1. The van der Waals surface area contributed by atoms with E-state index in [1.54, 1.807) is 31.2 Å². The van der Waals surface area contributed by atoms with Crippen LogP contribution in [0.4, 0.5) is 18.9 Å². The number of hydrogen-bond acceptors (Lipinski definition) is 5. The van der Waals surface area contributed by atoms with E-state index < -0.39 is 46.6 Å². The van der Waals surface area contributed by atoms with Crippen LogP contribution in [0, 0.1) is 0 Å². The number of ketones is 1. The molecule has 160 valence electrons. The third-order valence-corrected chi connectivity index (χ3v) is 4.33. The van der Waals surface area contributed by atoms with Gasteiger partial charge in [-0.2, -0.15) is 0 Å². The number of esters is 1. The van der Waals surface area contributed by atoms with Gasteiger partial charge >= 0.3 is 5.97 Å². The number of rotatable bonds is 8. The molecule has 1 aromatic carbocycles. The number of hydrogen-bond donors (Lipinski definition) is 2. The zero-order chi connectivity index (χ0) is 22.3. The molecule has 0 aromatic heterocycles. The Labute approximate surface area is 176 Å². The molecule has 0 spiro atoms. The molecule has 1 unspecified atom stereocenters. The normalized spacial score (nSPS) is 17.1. The quantitative estimate of drug-likeness (QED) is 0.457. The van der Waals surface area contributed by atoms with Crippen LogP contribution in [0.2, 0.25) is 0 Å². The predicted octanol–water partition coefficient (Wildman–Crippen LogP) is 4.55. The largest absolute Gasteiger partial charge is 0.466 e. The average molecular weight is 442 g/mol. The van der Waals surface area contributed by atoms with Crippen LogP contribution >= 0.6 is 11.6 Å². The molecule has 0 saturated carbocycles. The van der Waals surface area contributed by atoms with E-state index in [9.17, 15) is 22.8 Å². The Balaban J connectivity index is 2.36. The highest BCUT2D eigenvalue weighted by Crippen LogP contribution is 2.31. The Bertz CT molecular complexity index is 936.